The Labute approximate surface area is 146 Å². The molecule has 0 aromatic heterocycles. The molecule has 1 aliphatic heterocycles. The van der Waals surface area contributed by atoms with Crippen molar-refractivity contribution in [2.75, 3.05) is 18.2 Å². The van der Waals surface area contributed by atoms with Crippen LogP contribution in [0.2, 0.25) is 0 Å². The van der Waals surface area contributed by atoms with E-state index in [1.165, 1.54) is 19.2 Å². The third-order valence-electron chi connectivity index (χ3n) is 3.41. The maximum Gasteiger partial charge on any atom is 0.327 e. The van der Waals surface area contributed by atoms with Crippen LogP contribution in [0.15, 0.2) is 18.2 Å². The number of amides is 2. The van der Waals surface area contributed by atoms with Crippen molar-refractivity contribution >= 4 is 40.9 Å². The van der Waals surface area contributed by atoms with E-state index in [2.05, 4.69) is 10.6 Å². The Morgan fingerprint density at radius 2 is 2.24 bits per heavy atom. The summed E-state index contributed by atoms with van der Waals surface area (Å²) >= 11 is 1.07. The number of nitrogens with one attached hydrogen (secondary N) is 2. The van der Waals surface area contributed by atoms with Crippen molar-refractivity contribution in [1.82, 2.24) is 5.32 Å². The molecule has 1 aromatic rings. The highest BCUT2D eigenvalue weighted by molar-refractivity contribution is 8.00. The van der Waals surface area contributed by atoms with Crippen molar-refractivity contribution in [3.63, 3.8) is 0 Å². The van der Waals surface area contributed by atoms with Gasteiger partial charge in [-0.15, -0.1) is 11.8 Å². The van der Waals surface area contributed by atoms with E-state index < -0.39 is 34.0 Å². The number of carboxylic acids is 1. The molecule has 0 saturated carbocycles. The number of anilines is 1. The van der Waals surface area contributed by atoms with Crippen molar-refractivity contribution in [2.24, 2.45) is 0 Å². The standard InChI is InChI=1S/C14H15N3O7S/c1-24-10-3-2-7(17(22)23)4-8(10)15-12(18)5-11-13(19)16-9(6-25-11)14(20)21/h2-4,9,11H,5-6H2,1H3,(H,15,18)(H,16,19)(H,20,21)/t9-,11+/m1/s1. The summed E-state index contributed by atoms with van der Waals surface area (Å²) in [5, 5.41) is 23.8. The van der Waals surface area contributed by atoms with E-state index in [1.807, 2.05) is 0 Å². The number of non-ortho nitro benzene ring substituents is 1. The van der Waals surface area contributed by atoms with Gasteiger partial charge in [0.25, 0.3) is 5.69 Å². The molecule has 2 atom stereocenters. The van der Waals surface area contributed by atoms with Crippen molar-refractivity contribution in [3.05, 3.63) is 28.3 Å². The van der Waals surface area contributed by atoms with E-state index in [0.29, 0.717) is 0 Å². The second kappa shape index (κ2) is 7.83. The van der Waals surface area contributed by atoms with Gasteiger partial charge in [0.05, 0.1) is 23.0 Å². The van der Waals surface area contributed by atoms with Crippen LogP contribution in [0.1, 0.15) is 6.42 Å². The lowest BCUT2D eigenvalue weighted by molar-refractivity contribution is -0.384. The molecule has 11 heteroatoms. The Hall–Kier alpha value is -2.82. The van der Waals surface area contributed by atoms with Crippen molar-refractivity contribution in [1.29, 1.82) is 0 Å². The SMILES string of the molecule is COc1ccc([N+](=O)[O-])cc1NC(=O)C[C@@H]1SC[C@H](C(=O)O)NC1=O. The lowest BCUT2D eigenvalue weighted by Gasteiger charge is -2.25. The molecule has 0 aliphatic carbocycles. The van der Waals surface area contributed by atoms with Gasteiger partial charge in [0.2, 0.25) is 11.8 Å². The maximum atomic E-state index is 12.1. The Morgan fingerprint density at radius 3 is 2.80 bits per heavy atom. The number of nitrogens with zero attached hydrogens (tertiary/aromatic N) is 1. The minimum absolute atomic E-state index is 0.117. The number of benzene rings is 1. The van der Waals surface area contributed by atoms with E-state index >= 15 is 0 Å². The number of aliphatic carboxylic acids is 1. The molecule has 1 saturated heterocycles. The second-order valence-corrected chi connectivity index (χ2v) is 6.35. The lowest BCUT2D eigenvalue weighted by atomic mass is 10.2. The summed E-state index contributed by atoms with van der Waals surface area (Å²) in [5.74, 6) is -1.82. The predicted molar refractivity (Wildman–Crippen MR) is 88.7 cm³/mol. The van der Waals surface area contributed by atoms with E-state index in [0.717, 1.165) is 17.8 Å². The fourth-order valence-electron chi connectivity index (χ4n) is 2.16. The van der Waals surface area contributed by atoms with Gasteiger partial charge in [-0.25, -0.2) is 4.79 Å². The Bertz CT molecular complexity index is 724. The minimum Gasteiger partial charge on any atom is -0.495 e. The van der Waals surface area contributed by atoms with Crippen molar-refractivity contribution in [3.8, 4) is 5.75 Å². The highest BCUT2D eigenvalue weighted by atomic mass is 32.2. The first-order valence-electron chi connectivity index (χ1n) is 7.09. The van der Waals surface area contributed by atoms with E-state index in [4.69, 9.17) is 9.84 Å². The maximum absolute atomic E-state index is 12.1. The minimum atomic E-state index is -1.13. The zero-order chi connectivity index (χ0) is 18.6. The van der Waals surface area contributed by atoms with Crippen LogP contribution in [0.3, 0.4) is 0 Å². The molecule has 2 rings (SSSR count). The molecule has 1 aromatic carbocycles. The summed E-state index contributed by atoms with van der Waals surface area (Å²) in [6, 6.07) is 2.78. The Kier molecular flexibility index (Phi) is 5.80. The highest BCUT2D eigenvalue weighted by Gasteiger charge is 2.33. The number of nitro groups is 1. The normalized spacial score (nSPS) is 19.6. The first-order chi connectivity index (χ1) is 11.8. The Balaban J connectivity index is 2.03. The zero-order valence-electron chi connectivity index (χ0n) is 13.1. The third kappa shape index (κ3) is 4.59. The van der Waals surface area contributed by atoms with Gasteiger partial charge in [0.1, 0.15) is 11.8 Å². The van der Waals surface area contributed by atoms with Gasteiger partial charge < -0.3 is 20.5 Å². The van der Waals surface area contributed by atoms with Gasteiger partial charge in [0.15, 0.2) is 0 Å². The molecular formula is C14H15N3O7S. The summed E-state index contributed by atoms with van der Waals surface area (Å²) in [4.78, 5) is 45.1. The van der Waals surface area contributed by atoms with Gasteiger partial charge >= 0.3 is 5.97 Å². The van der Waals surface area contributed by atoms with Crippen LogP contribution >= 0.6 is 11.8 Å². The average molecular weight is 369 g/mol. The number of thioether (sulfide) groups is 1. The van der Waals surface area contributed by atoms with Crippen LogP contribution in [-0.4, -0.2) is 52.0 Å². The zero-order valence-corrected chi connectivity index (χ0v) is 13.9. The predicted octanol–water partition coefficient (Wildman–Crippen LogP) is 0.617. The van der Waals surface area contributed by atoms with E-state index in [1.54, 1.807) is 0 Å². The Morgan fingerprint density at radius 1 is 1.52 bits per heavy atom. The second-order valence-electron chi connectivity index (χ2n) is 5.12. The molecule has 1 heterocycles. The summed E-state index contributed by atoms with van der Waals surface area (Å²) in [6.07, 6.45) is -0.200. The van der Waals surface area contributed by atoms with E-state index in [-0.39, 0.29) is 29.3 Å². The summed E-state index contributed by atoms with van der Waals surface area (Å²) in [6.45, 7) is 0. The number of methoxy groups -OCH3 is 1. The van der Waals surface area contributed by atoms with Crippen LogP contribution in [0, 0.1) is 10.1 Å². The van der Waals surface area contributed by atoms with Crippen molar-refractivity contribution < 1.29 is 29.2 Å². The molecular weight excluding hydrogens is 354 g/mol. The van der Waals surface area contributed by atoms with Gasteiger partial charge in [0, 0.05) is 24.3 Å². The van der Waals surface area contributed by atoms with Crippen LogP contribution in [0.25, 0.3) is 0 Å². The molecule has 0 radical (unpaired) electrons. The number of hydrogen-bond donors (Lipinski definition) is 3. The smallest absolute Gasteiger partial charge is 0.327 e. The quantitative estimate of drug-likeness (QED) is 0.488. The summed E-state index contributed by atoms with van der Waals surface area (Å²) in [5.41, 5.74) is -0.100. The molecule has 0 unspecified atom stereocenters. The largest absolute Gasteiger partial charge is 0.495 e. The number of rotatable bonds is 6. The summed E-state index contributed by atoms with van der Waals surface area (Å²) in [7, 11) is 1.35. The van der Waals surface area contributed by atoms with E-state index in [9.17, 15) is 24.5 Å². The topological polar surface area (TPSA) is 148 Å². The molecule has 1 fully saturated rings. The van der Waals surface area contributed by atoms with Crippen LogP contribution in [0.4, 0.5) is 11.4 Å². The average Bonchev–Trinajstić information content (AvgIpc) is 2.56. The van der Waals surface area contributed by atoms with Crippen molar-refractivity contribution in [2.45, 2.75) is 17.7 Å². The third-order valence-corrected chi connectivity index (χ3v) is 4.72. The van der Waals surface area contributed by atoms with Gasteiger partial charge in [-0.2, -0.15) is 0 Å². The molecule has 10 nitrogen and oxygen atoms in total. The number of hydrogen-bond acceptors (Lipinski definition) is 7. The molecule has 25 heavy (non-hydrogen) atoms. The summed E-state index contributed by atoms with van der Waals surface area (Å²) < 4.78 is 5.05. The number of carboxylic acid groups (broad SMARTS) is 1. The highest BCUT2D eigenvalue weighted by Crippen LogP contribution is 2.29. The van der Waals surface area contributed by atoms with Crippen LogP contribution in [-0.2, 0) is 14.4 Å². The fourth-order valence-corrected chi connectivity index (χ4v) is 3.30. The molecule has 2 amide bonds. The molecule has 0 bridgehead atoms. The number of carbonyl (C=O) groups is 3. The first kappa shape index (κ1) is 18.5. The van der Waals surface area contributed by atoms with Crippen LogP contribution < -0.4 is 15.4 Å². The number of ether oxygens (including phenoxy) is 1. The molecule has 1 aliphatic rings. The first-order valence-corrected chi connectivity index (χ1v) is 8.13. The molecule has 0 spiro atoms. The fraction of sp³-hybridized carbons (Fsp3) is 0.357. The monoisotopic (exact) mass is 369 g/mol. The molecule has 3 N–H and O–H groups in total. The number of carbonyl (C=O) groups excluding carboxylic acids is 2. The molecule has 134 valence electrons. The number of nitro benzene ring substituents is 1. The lowest BCUT2D eigenvalue weighted by Crippen LogP contribution is -2.51. The van der Waals surface area contributed by atoms with Gasteiger partial charge in [-0.3, -0.25) is 19.7 Å². The van der Waals surface area contributed by atoms with Gasteiger partial charge in [-0.05, 0) is 6.07 Å². The van der Waals surface area contributed by atoms with Crippen LogP contribution in [0.5, 0.6) is 5.75 Å². The van der Waals surface area contributed by atoms with Gasteiger partial charge in [-0.1, -0.05) is 0 Å².